The molecule has 2 rings (SSSR count). The molecule has 0 amide bonds. The second kappa shape index (κ2) is 4.35. The minimum Gasteiger partial charge on any atom is -0.478 e. The first-order valence-electron chi connectivity index (χ1n) is 5.27. The van der Waals surface area contributed by atoms with Gasteiger partial charge in [0.2, 0.25) is 0 Å². The number of aliphatic carboxylic acids is 1. The van der Waals surface area contributed by atoms with Gasteiger partial charge in [0, 0.05) is 30.9 Å². The molecule has 0 aromatic carbocycles. The van der Waals surface area contributed by atoms with E-state index in [4.69, 9.17) is 5.11 Å². The summed E-state index contributed by atoms with van der Waals surface area (Å²) < 4.78 is 0. The average Bonchev–Trinajstić information content (AvgIpc) is 3.09. The molecule has 1 aliphatic rings. The van der Waals surface area contributed by atoms with Crippen molar-refractivity contribution in [3.63, 3.8) is 0 Å². The maximum absolute atomic E-state index is 10.5. The summed E-state index contributed by atoms with van der Waals surface area (Å²) in [6, 6.07) is 4.25. The monoisotopic (exact) mass is 218 g/mol. The number of pyridine rings is 1. The lowest BCUT2D eigenvalue weighted by Gasteiger charge is -2.19. The molecule has 0 bridgehead atoms. The van der Waals surface area contributed by atoms with Gasteiger partial charge >= 0.3 is 5.97 Å². The van der Waals surface area contributed by atoms with Crippen molar-refractivity contribution in [2.45, 2.75) is 18.9 Å². The van der Waals surface area contributed by atoms with Gasteiger partial charge in [-0.3, -0.25) is 0 Å². The number of anilines is 1. The Balaban J connectivity index is 2.25. The van der Waals surface area contributed by atoms with Gasteiger partial charge in [-0.1, -0.05) is 0 Å². The van der Waals surface area contributed by atoms with Crippen LogP contribution in [0.4, 0.5) is 5.82 Å². The molecule has 4 heteroatoms. The Morgan fingerprint density at radius 3 is 3.00 bits per heavy atom. The first-order chi connectivity index (χ1) is 7.68. The van der Waals surface area contributed by atoms with Crippen LogP contribution in [0.1, 0.15) is 18.4 Å². The Labute approximate surface area is 94.2 Å². The fourth-order valence-electron chi connectivity index (χ4n) is 1.63. The standard InChI is InChI=1S/C12H14N2O2/c1-14(10-5-6-10)12-9(3-2-8-13-12)4-7-11(15)16/h2-4,7-8,10H,5-6H2,1H3,(H,15,16)/b7-4+. The van der Waals surface area contributed by atoms with Crippen LogP contribution in [0.5, 0.6) is 0 Å². The lowest BCUT2D eigenvalue weighted by molar-refractivity contribution is -0.131. The van der Waals surface area contributed by atoms with Crippen LogP contribution < -0.4 is 4.90 Å². The molecule has 0 unspecified atom stereocenters. The molecule has 1 heterocycles. The number of rotatable bonds is 4. The summed E-state index contributed by atoms with van der Waals surface area (Å²) in [5.74, 6) is -0.0913. The number of nitrogens with zero attached hydrogens (tertiary/aromatic N) is 2. The SMILES string of the molecule is CN(c1ncccc1/C=C/C(=O)O)C1CC1. The highest BCUT2D eigenvalue weighted by Crippen LogP contribution is 2.31. The van der Waals surface area contributed by atoms with Crippen LogP contribution in [0.15, 0.2) is 24.4 Å². The molecule has 16 heavy (non-hydrogen) atoms. The van der Waals surface area contributed by atoms with Crippen molar-refractivity contribution in [3.05, 3.63) is 30.0 Å². The third kappa shape index (κ3) is 2.39. The first-order valence-corrected chi connectivity index (χ1v) is 5.27. The molecule has 0 spiro atoms. The van der Waals surface area contributed by atoms with Gasteiger partial charge in [0.15, 0.2) is 0 Å². The van der Waals surface area contributed by atoms with Gasteiger partial charge in [-0.05, 0) is 31.1 Å². The van der Waals surface area contributed by atoms with E-state index in [1.165, 1.54) is 12.8 Å². The van der Waals surface area contributed by atoms with E-state index >= 15 is 0 Å². The summed E-state index contributed by atoms with van der Waals surface area (Å²) in [7, 11) is 2.00. The predicted molar refractivity (Wildman–Crippen MR) is 62.3 cm³/mol. The van der Waals surface area contributed by atoms with E-state index < -0.39 is 5.97 Å². The van der Waals surface area contributed by atoms with Crippen molar-refractivity contribution in [1.82, 2.24) is 4.98 Å². The summed E-state index contributed by atoms with van der Waals surface area (Å²) in [6.07, 6.45) is 6.83. The lowest BCUT2D eigenvalue weighted by Crippen LogP contribution is -2.21. The third-order valence-corrected chi connectivity index (χ3v) is 2.65. The Bertz CT molecular complexity index is 425. The van der Waals surface area contributed by atoms with Crippen molar-refractivity contribution < 1.29 is 9.90 Å². The van der Waals surface area contributed by atoms with E-state index in [0.29, 0.717) is 6.04 Å². The molecular weight excluding hydrogens is 204 g/mol. The van der Waals surface area contributed by atoms with Crippen LogP contribution in [-0.2, 0) is 4.79 Å². The Morgan fingerprint density at radius 2 is 2.38 bits per heavy atom. The average molecular weight is 218 g/mol. The quantitative estimate of drug-likeness (QED) is 0.783. The normalized spacial score (nSPS) is 15.3. The zero-order chi connectivity index (χ0) is 11.5. The van der Waals surface area contributed by atoms with Crippen LogP contribution in [0.25, 0.3) is 6.08 Å². The first kappa shape index (κ1) is 10.7. The zero-order valence-electron chi connectivity index (χ0n) is 9.13. The van der Waals surface area contributed by atoms with Crippen molar-refractivity contribution in [2.75, 3.05) is 11.9 Å². The van der Waals surface area contributed by atoms with Gasteiger partial charge in [0.1, 0.15) is 5.82 Å². The molecule has 1 aromatic rings. The fraction of sp³-hybridized carbons (Fsp3) is 0.333. The highest BCUT2D eigenvalue weighted by molar-refractivity contribution is 5.86. The number of carboxylic acid groups (broad SMARTS) is 1. The molecule has 0 radical (unpaired) electrons. The van der Waals surface area contributed by atoms with E-state index in [-0.39, 0.29) is 0 Å². The molecular formula is C12H14N2O2. The van der Waals surface area contributed by atoms with Crippen molar-refractivity contribution in [3.8, 4) is 0 Å². The van der Waals surface area contributed by atoms with Gasteiger partial charge < -0.3 is 10.0 Å². The van der Waals surface area contributed by atoms with Gasteiger partial charge in [0.25, 0.3) is 0 Å². The lowest BCUT2D eigenvalue weighted by atomic mass is 10.2. The highest BCUT2D eigenvalue weighted by atomic mass is 16.4. The molecule has 1 N–H and O–H groups in total. The van der Waals surface area contributed by atoms with Gasteiger partial charge in [-0.2, -0.15) is 0 Å². The van der Waals surface area contributed by atoms with Crippen molar-refractivity contribution >= 4 is 17.9 Å². The number of hydrogen-bond donors (Lipinski definition) is 1. The van der Waals surface area contributed by atoms with Gasteiger partial charge in [-0.25, -0.2) is 9.78 Å². The largest absolute Gasteiger partial charge is 0.478 e. The summed E-state index contributed by atoms with van der Waals surface area (Å²) in [5.41, 5.74) is 0.847. The Hall–Kier alpha value is -1.84. The number of carboxylic acids is 1. The van der Waals surface area contributed by atoms with Gasteiger partial charge in [-0.15, -0.1) is 0 Å². The maximum Gasteiger partial charge on any atom is 0.328 e. The number of carbonyl (C=O) groups is 1. The number of aromatic nitrogens is 1. The van der Waals surface area contributed by atoms with E-state index in [0.717, 1.165) is 17.5 Å². The van der Waals surface area contributed by atoms with Crippen LogP contribution >= 0.6 is 0 Å². The molecule has 1 saturated carbocycles. The maximum atomic E-state index is 10.5. The smallest absolute Gasteiger partial charge is 0.328 e. The molecule has 1 fully saturated rings. The minimum absolute atomic E-state index is 0.562. The second-order valence-electron chi connectivity index (χ2n) is 3.93. The summed E-state index contributed by atoms with van der Waals surface area (Å²) in [5, 5.41) is 8.60. The summed E-state index contributed by atoms with van der Waals surface area (Å²) in [4.78, 5) is 16.9. The van der Waals surface area contributed by atoms with E-state index in [9.17, 15) is 4.79 Å². The second-order valence-corrected chi connectivity index (χ2v) is 3.93. The summed E-state index contributed by atoms with van der Waals surface area (Å²) >= 11 is 0. The van der Waals surface area contributed by atoms with E-state index in [1.54, 1.807) is 12.3 Å². The Morgan fingerprint density at radius 1 is 1.62 bits per heavy atom. The van der Waals surface area contributed by atoms with E-state index in [2.05, 4.69) is 9.88 Å². The topological polar surface area (TPSA) is 53.4 Å². The predicted octanol–water partition coefficient (Wildman–Crippen LogP) is 1.78. The summed E-state index contributed by atoms with van der Waals surface area (Å²) in [6.45, 7) is 0. The molecule has 1 aromatic heterocycles. The molecule has 0 aliphatic heterocycles. The third-order valence-electron chi connectivity index (χ3n) is 2.65. The van der Waals surface area contributed by atoms with E-state index in [1.807, 2.05) is 19.2 Å². The highest BCUT2D eigenvalue weighted by Gasteiger charge is 2.27. The molecule has 1 aliphatic carbocycles. The fourth-order valence-corrected chi connectivity index (χ4v) is 1.63. The van der Waals surface area contributed by atoms with Crippen molar-refractivity contribution in [2.24, 2.45) is 0 Å². The minimum atomic E-state index is -0.941. The van der Waals surface area contributed by atoms with Gasteiger partial charge in [0.05, 0.1) is 0 Å². The number of hydrogen-bond acceptors (Lipinski definition) is 3. The van der Waals surface area contributed by atoms with Crippen LogP contribution in [-0.4, -0.2) is 29.1 Å². The van der Waals surface area contributed by atoms with Crippen LogP contribution in [0, 0.1) is 0 Å². The molecule has 0 saturated heterocycles. The Kier molecular flexibility index (Phi) is 2.90. The molecule has 4 nitrogen and oxygen atoms in total. The zero-order valence-corrected chi connectivity index (χ0v) is 9.13. The molecule has 84 valence electrons. The van der Waals surface area contributed by atoms with Crippen LogP contribution in [0.2, 0.25) is 0 Å². The molecule has 0 atom stereocenters. The van der Waals surface area contributed by atoms with Crippen molar-refractivity contribution in [1.29, 1.82) is 0 Å². The van der Waals surface area contributed by atoms with Crippen LogP contribution in [0.3, 0.4) is 0 Å².